The molecule has 1 N–H and O–H groups in total. The van der Waals surface area contributed by atoms with Gasteiger partial charge in [-0.2, -0.15) is 0 Å². The topological polar surface area (TPSA) is 61.4 Å². The maximum Gasteiger partial charge on any atom is 1.00 e. The maximum absolute atomic E-state index is 14.0. The van der Waals surface area contributed by atoms with Crippen molar-refractivity contribution in [1.82, 2.24) is 0 Å². The van der Waals surface area contributed by atoms with Crippen LogP contribution >= 0.6 is 0 Å². The van der Waals surface area contributed by atoms with Crippen molar-refractivity contribution < 1.29 is 48.6 Å². The van der Waals surface area contributed by atoms with E-state index in [4.69, 9.17) is 4.74 Å². The van der Waals surface area contributed by atoms with E-state index in [9.17, 15) is 14.3 Å². The molecule has 126 valence electrons. The van der Waals surface area contributed by atoms with Gasteiger partial charge in [0.1, 0.15) is 18.2 Å². The van der Waals surface area contributed by atoms with Crippen LogP contribution in [-0.4, -0.2) is 12.5 Å². The van der Waals surface area contributed by atoms with Crippen LogP contribution in [0.15, 0.2) is 36.4 Å². The first-order chi connectivity index (χ1) is 11.6. The van der Waals surface area contributed by atoms with Crippen molar-refractivity contribution in [2.45, 2.75) is 32.3 Å². The average molecular weight is 351 g/mol. The fraction of sp³-hybridized carbons (Fsp3) is 0.316. The van der Waals surface area contributed by atoms with Crippen LogP contribution < -0.4 is 44.7 Å². The first-order valence-corrected chi connectivity index (χ1v) is 8.09. The zero-order valence-corrected chi connectivity index (χ0v) is 16.3. The third-order valence-electron chi connectivity index (χ3n) is 4.15. The van der Waals surface area contributed by atoms with E-state index in [1.54, 1.807) is 12.1 Å². The van der Waals surface area contributed by atoms with Crippen LogP contribution in [0.25, 0.3) is 0 Å². The van der Waals surface area contributed by atoms with E-state index in [1.165, 1.54) is 11.6 Å². The standard InChI is InChI=1S/C19H20FNO3.Na/c20-16-11-13(6-7-14(16)8-9-18(22)23)12-24-17-5-1-3-15-4-2-10-21-19(15)17;/h1,3,5-7,11,21H,2,4,8-10,12H2,(H,22,23);/q;+1/p-1. The Hall–Kier alpha value is -1.56. The predicted molar refractivity (Wildman–Crippen MR) is 87.3 cm³/mol. The number of carbonyl (C=O) groups is 1. The molecule has 0 bridgehead atoms. The smallest absolute Gasteiger partial charge is 0.550 e. The summed E-state index contributed by atoms with van der Waals surface area (Å²) in [4.78, 5) is 10.5. The summed E-state index contributed by atoms with van der Waals surface area (Å²) in [7, 11) is 0. The average Bonchev–Trinajstić information content (AvgIpc) is 2.59. The maximum atomic E-state index is 14.0. The molecule has 0 radical (unpaired) electrons. The van der Waals surface area contributed by atoms with Gasteiger partial charge in [0, 0.05) is 12.5 Å². The number of carboxylic acids is 1. The van der Waals surface area contributed by atoms with Crippen molar-refractivity contribution in [3.8, 4) is 5.75 Å². The van der Waals surface area contributed by atoms with Gasteiger partial charge in [-0.15, -0.1) is 0 Å². The van der Waals surface area contributed by atoms with E-state index in [-0.39, 0.29) is 49.0 Å². The molecule has 0 aliphatic carbocycles. The number of nitrogens with one attached hydrogen (secondary N) is 1. The van der Waals surface area contributed by atoms with Crippen molar-refractivity contribution in [3.63, 3.8) is 0 Å². The molecule has 0 unspecified atom stereocenters. The molecular formula is C19H19FNNaO3. The van der Waals surface area contributed by atoms with E-state index < -0.39 is 11.8 Å². The summed E-state index contributed by atoms with van der Waals surface area (Å²) < 4.78 is 19.9. The molecule has 2 aromatic carbocycles. The molecule has 0 atom stereocenters. The number of benzene rings is 2. The van der Waals surface area contributed by atoms with Crippen molar-refractivity contribution in [3.05, 3.63) is 58.9 Å². The number of hydrogen-bond acceptors (Lipinski definition) is 4. The summed E-state index contributed by atoms with van der Waals surface area (Å²) in [5.41, 5.74) is 3.34. The number of ether oxygens (including phenoxy) is 1. The van der Waals surface area contributed by atoms with Crippen LogP contribution in [0.5, 0.6) is 5.75 Å². The summed E-state index contributed by atoms with van der Waals surface area (Å²) in [6, 6.07) is 10.7. The Morgan fingerprint density at radius 1 is 1.28 bits per heavy atom. The zero-order valence-electron chi connectivity index (χ0n) is 14.3. The van der Waals surface area contributed by atoms with Crippen LogP contribution in [-0.2, 0) is 24.2 Å². The minimum Gasteiger partial charge on any atom is -0.550 e. The Bertz CT molecular complexity index is 751. The van der Waals surface area contributed by atoms with Crippen LogP contribution in [0, 0.1) is 5.82 Å². The van der Waals surface area contributed by atoms with Gasteiger partial charge >= 0.3 is 29.6 Å². The van der Waals surface area contributed by atoms with Gasteiger partial charge < -0.3 is 20.0 Å². The quantitative estimate of drug-likeness (QED) is 0.710. The van der Waals surface area contributed by atoms with Gasteiger partial charge in [0.05, 0.1) is 5.69 Å². The van der Waals surface area contributed by atoms with Gasteiger partial charge in [0.25, 0.3) is 0 Å². The van der Waals surface area contributed by atoms with Crippen LogP contribution in [0.1, 0.15) is 29.5 Å². The number of carboxylic acid groups (broad SMARTS) is 1. The number of carbonyl (C=O) groups excluding carboxylic acids is 1. The second kappa shape index (κ2) is 9.22. The Labute approximate surface area is 168 Å². The summed E-state index contributed by atoms with van der Waals surface area (Å²) in [6.45, 7) is 1.19. The number of anilines is 1. The van der Waals surface area contributed by atoms with Gasteiger partial charge in [0.15, 0.2) is 0 Å². The Kier molecular flexibility index (Phi) is 7.29. The van der Waals surface area contributed by atoms with Crippen molar-refractivity contribution in [1.29, 1.82) is 0 Å². The van der Waals surface area contributed by atoms with Crippen molar-refractivity contribution >= 4 is 11.7 Å². The number of para-hydroxylation sites is 1. The van der Waals surface area contributed by atoms with Gasteiger partial charge in [-0.05, 0) is 54.5 Å². The summed E-state index contributed by atoms with van der Waals surface area (Å²) in [5.74, 6) is -0.817. The number of fused-ring (bicyclic) bond motifs is 1. The Morgan fingerprint density at radius 2 is 2.12 bits per heavy atom. The SMILES string of the molecule is O=C([O-])CCc1ccc(COc2cccc3c2NCCC3)cc1F.[Na+]. The first-order valence-electron chi connectivity index (χ1n) is 8.09. The molecule has 6 heteroatoms. The fourth-order valence-corrected chi connectivity index (χ4v) is 2.88. The van der Waals surface area contributed by atoms with E-state index in [0.717, 1.165) is 30.8 Å². The molecule has 0 saturated heterocycles. The van der Waals surface area contributed by atoms with Gasteiger partial charge in [-0.3, -0.25) is 0 Å². The summed E-state index contributed by atoms with van der Waals surface area (Å²) in [5, 5.41) is 13.8. The third kappa shape index (κ3) is 5.21. The molecule has 1 aliphatic heterocycles. The van der Waals surface area contributed by atoms with E-state index in [0.29, 0.717) is 11.1 Å². The first kappa shape index (κ1) is 19.8. The van der Waals surface area contributed by atoms with Crippen LogP contribution in [0.4, 0.5) is 10.1 Å². The minimum atomic E-state index is -1.18. The summed E-state index contributed by atoms with van der Waals surface area (Å²) >= 11 is 0. The summed E-state index contributed by atoms with van der Waals surface area (Å²) in [6.07, 6.45) is 2.08. The minimum absolute atomic E-state index is 0. The van der Waals surface area contributed by atoms with Gasteiger partial charge in [0.2, 0.25) is 0 Å². The molecule has 0 spiro atoms. The number of aliphatic carboxylic acids is 1. The normalized spacial score (nSPS) is 12.5. The molecule has 3 rings (SSSR count). The monoisotopic (exact) mass is 351 g/mol. The second-order valence-electron chi connectivity index (χ2n) is 5.91. The van der Waals surface area contributed by atoms with Gasteiger partial charge in [-0.25, -0.2) is 4.39 Å². The predicted octanol–water partition coefficient (Wildman–Crippen LogP) is -0.551. The number of rotatable bonds is 6. The molecule has 1 aliphatic rings. The van der Waals surface area contributed by atoms with E-state index in [2.05, 4.69) is 11.4 Å². The number of hydrogen-bond donors (Lipinski definition) is 1. The molecule has 0 fully saturated rings. The van der Waals surface area contributed by atoms with Crippen molar-refractivity contribution in [2.24, 2.45) is 0 Å². The van der Waals surface area contributed by atoms with Crippen LogP contribution in [0.2, 0.25) is 0 Å². The molecular weight excluding hydrogens is 332 g/mol. The largest absolute Gasteiger partial charge is 1.00 e. The molecule has 0 aromatic heterocycles. The Morgan fingerprint density at radius 3 is 2.88 bits per heavy atom. The van der Waals surface area contributed by atoms with Crippen molar-refractivity contribution in [2.75, 3.05) is 11.9 Å². The third-order valence-corrected chi connectivity index (χ3v) is 4.15. The van der Waals surface area contributed by atoms with E-state index >= 15 is 0 Å². The zero-order chi connectivity index (χ0) is 16.9. The molecule has 1 heterocycles. The molecule has 0 saturated carbocycles. The fourth-order valence-electron chi connectivity index (χ4n) is 2.88. The molecule has 0 amide bonds. The van der Waals surface area contributed by atoms with Crippen LogP contribution in [0.3, 0.4) is 0 Å². The number of halogens is 1. The molecule has 4 nitrogen and oxygen atoms in total. The van der Waals surface area contributed by atoms with Gasteiger partial charge in [-0.1, -0.05) is 24.3 Å². The number of aryl methyl sites for hydroxylation is 2. The second-order valence-corrected chi connectivity index (χ2v) is 5.91. The van der Waals surface area contributed by atoms with E-state index in [1.807, 2.05) is 12.1 Å². The molecule has 25 heavy (non-hydrogen) atoms. The molecule has 2 aromatic rings. The Balaban J connectivity index is 0.00000225.